The first kappa shape index (κ1) is 14.2. The third kappa shape index (κ3) is 3.30. The molecule has 1 atom stereocenters. The molecule has 3 nitrogen and oxygen atoms in total. The number of hydrogen-bond donors (Lipinski definition) is 1. The van der Waals surface area contributed by atoms with Crippen LogP contribution in [0.3, 0.4) is 0 Å². The molecule has 21 heavy (non-hydrogen) atoms. The molecule has 1 N–H and O–H groups in total. The van der Waals surface area contributed by atoms with Gasteiger partial charge in [0.1, 0.15) is 5.82 Å². The topological polar surface area (TPSA) is 37.8 Å². The summed E-state index contributed by atoms with van der Waals surface area (Å²) in [5, 5.41) is 3.40. The Balaban J connectivity index is 1.86. The second kappa shape index (κ2) is 6.35. The molecule has 1 aromatic carbocycles. The van der Waals surface area contributed by atoms with E-state index in [9.17, 15) is 0 Å². The third-order valence-corrected chi connectivity index (χ3v) is 4.27. The summed E-state index contributed by atoms with van der Waals surface area (Å²) < 4.78 is 0. The van der Waals surface area contributed by atoms with Crippen LogP contribution in [0.15, 0.2) is 30.5 Å². The monoisotopic (exact) mass is 281 g/mol. The molecule has 0 saturated heterocycles. The Bertz CT molecular complexity index is 622. The van der Waals surface area contributed by atoms with Crippen molar-refractivity contribution in [2.75, 3.05) is 7.05 Å². The molecule has 0 bridgehead atoms. The van der Waals surface area contributed by atoms with Crippen LogP contribution in [0.1, 0.15) is 53.5 Å². The summed E-state index contributed by atoms with van der Waals surface area (Å²) >= 11 is 0. The van der Waals surface area contributed by atoms with Crippen LogP contribution in [0.25, 0.3) is 0 Å². The van der Waals surface area contributed by atoms with E-state index in [4.69, 9.17) is 4.98 Å². The Kier molecular flexibility index (Phi) is 4.30. The van der Waals surface area contributed by atoms with Gasteiger partial charge < -0.3 is 5.32 Å². The van der Waals surface area contributed by atoms with Gasteiger partial charge in [-0.05, 0) is 38.8 Å². The van der Waals surface area contributed by atoms with Crippen LogP contribution in [0.5, 0.6) is 0 Å². The van der Waals surface area contributed by atoms with Crippen LogP contribution in [0.2, 0.25) is 0 Å². The van der Waals surface area contributed by atoms with E-state index in [1.165, 1.54) is 41.6 Å². The maximum Gasteiger partial charge on any atom is 0.132 e. The van der Waals surface area contributed by atoms with Crippen molar-refractivity contribution in [3.63, 3.8) is 0 Å². The summed E-state index contributed by atoms with van der Waals surface area (Å²) in [6.07, 6.45) is 7.61. The highest BCUT2D eigenvalue weighted by molar-refractivity contribution is 5.27. The minimum atomic E-state index is 0.413. The van der Waals surface area contributed by atoms with Gasteiger partial charge in [0.05, 0.1) is 0 Å². The van der Waals surface area contributed by atoms with Crippen molar-refractivity contribution in [3.8, 4) is 0 Å². The minimum Gasteiger partial charge on any atom is -0.313 e. The molecule has 2 aromatic rings. The molecular weight excluding hydrogens is 258 g/mol. The molecular formula is C18H23N3. The molecule has 0 radical (unpaired) electrons. The lowest BCUT2D eigenvalue weighted by Crippen LogP contribution is -2.18. The predicted octanol–water partition coefficient (Wildman–Crippen LogP) is 3.36. The van der Waals surface area contributed by atoms with E-state index < -0.39 is 0 Å². The first-order valence-corrected chi connectivity index (χ1v) is 7.84. The van der Waals surface area contributed by atoms with Gasteiger partial charge in [-0.3, -0.25) is 0 Å². The van der Waals surface area contributed by atoms with Crippen molar-refractivity contribution >= 4 is 0 Å². The number of rotatable bonds is 3. The molecule has 0 amide bonds. The molecule has 110 valence electrons. The fraction of sp³-hybridized carbons (Fsp3) is 0.444. The van der Waals surface area contributed by atoms with Gasteiger partial charge in [-0.15, -0.1) is 0 Å². The van der Waals surface area contributed by atoms with E-state index in [0.29, 0.717) is 6.04 Å². The Labute approximate surface area is 126 Å². The van der Waals surface area contributed by atoms with E-state index in [2.05, 4.69) is 41.5 Å². The largest absolute Gasteiger partial charge is 0.313 e. The van der Waals surface area contributed by atoms with Gasteiger partial charge in [0.15, 0.2) is 0 Å². The highest BCUT2D eigenvalue weighted by Gasteiger charge is 2.19. The highest BCUT2D eigenvalue weighted by Crippen LogP contribution is 2.26. The summed E-state index contributed by atoms with van der Waals surface area (Å²) in [6, 6.07) is 9.00. The quantitative estimate of drug-likeness (QED) is 0.877. The molecule has 0 saturated carbocycles. The molecule has 0 aliphatic heterocycles. The number of aryl methyl sites for hydroxylation is 2. The van der Waals surface area contributed by atoms with Crippen molar-refractivity contribution in [2.24, 2.45) is 0 Å². The molecule has 1 heterocycles. The fourth-order valence-electron chi connectivity index (χ4n) is 3.15. The van der Waals surface area contributed by atoms with Crippen molar-refractivity contribution < 1.29 is 0 Å². The summed E-state index contributed by atoms with van der Waals surface area (Å²) in [4.78, 5) is 9.45. The van der Waals surface area contributed by atoms with Crippen LogP contribution < -0.4 is 5.32 Å². The van der Waals surface area contributed by atoms with Gasteiger partial charge in [-0.2, -0.15) is 0 Å². The Morgan fingerprint density at radius 1 is 1.29 bits per heavy atom. The highest BCUT2D eigenvalue weighted by atomic mass is 14.9. The number of hydrogen-bond acceptors (Lipinski definition) is 3. The van der Waals surface area contributed by atoms with Gasteiger partial charge in [-0.1, -0.05) is 36.2 Å². The van der Waals surface area contributed by atoms with E-state index in [0.717, 1.165) is 18.7 Å². The van der Waals surface area contributed by atoms with E-state index in [1.807, 2.05) is 13.2 Å². The lowest BCUT2D eigenvalue weighted by Gasteiger charge is -2.16. The molecule has 1 aromatic heterocycles. The Morgan fingerprint density at radius 3 is 3.00 bits per heavy atom. The van der Waals surface area contributed by atoms with Crippen LogP contribution in [0.4, 0.5) is 0 Å². The zero-order valence-electron chi connectivity index (χ0n) is 12.9. The van der Waals surface area contributed by atoms with Crippen LogP contribution in [-0.4, -0.2) is 17.0 Å². The van der Waals surface area contributed by atoms with Crippen molar-refractivity contribution in [3.05, 3.63) is 58.7 Å². The van der Waals surface area contributed by atoms with Gasteiger partial charge in [0.2, 0.25) is 0 Å². The van der Waals surface area contributed by atoms with Gasteiger partial charge in [0.25, 0.3) is 0 Å². The average Bonchev–Trinajstić information content (AvgIpc) is 2.68. The number of aromatic nitrogens is 2. The third-order valence-electron chi connectivity index (χ3n) is 4.27. The zero-order valence-corrected chi connectivity index (χ0v) is 12.9. The molecule has 3 rings (SSSR count). The molecule has 0 fully saturated rings. The second-order valence-electron chi connectivity index (χ2n) is 5.94. The van der Waals surface area contributed by atoms with Crippen molar-refractivity contribution in [1.29, 1.82) is 0 Å². The summed E-state index contributed by atoms with van der Waals surface area (Å²) in [6.45, 7) is 2.12. The molecule has 3 heteroatoms. The fourth-order valence-corrected chi connectivity index (χ4v) is 3.15. The lowest BCUT2D eigenvalue weighted by molar-refractivity contribution is 0.531. The first-order chi connectivity index (χ1) is 10.3. The average molecular weight is 281 g/mol. The number of nitrogens with zero attached hydrogens (tertiary/aromatic N) is 2. The second-order valence-corrected chi connectivity index (χ2v) is 5.94. The van der Waals surface area contributed by atoms with E-state index in [1.54, 1.807) is 0 Å². The van der Waals surface area contributed by atoms with E-state index >= 15 is 0 Å². The summed E-state index contributed by atoms with van der Waals surface area (Å²) in [5.41, 5.74) is 5.11. The Hall–Kier alpha value is -1.74. The maximum absolute atomic E-state index is 4.85. The van der Waals surface area contributed by atoms with Gasteiger partial charge >= 0.3 is 0 Å². The standard InChI is InChI=1S/C18H23N3/c1-13-6-5-7-14(10-13)11-18-20-12-15-16(19-2)8-3-4-9-17(15)21-18/h5-7,10,12,16,19H,3-4,8-9,11H2,1-2H3. The zero-order chi connectivity index (χ0) is 14.7. The first-order valence-electron chi connectivity index (χ1n) is 7.84. The van der Waals surface area contributed by atoms with Crippen LogP contribution >= 0.6 is 0 Å². The number of fused-ring (bicyclic) bond motifs is 1. The maximum atomic E-state index is 4.85. The molecule has 1 aliphatic carbocycles. The normalized spacial score (nSPS) is 18.1. The molecule has 0 spiro atoms. The molecule has 1 aliphatic rings. The summed E-state index contributed by atoms with van der Waals surface area (Å²) in [5.74, 6) is 0.941. The SMILES string of the molecule is CNC1CCCCc2nc(Cc3cccc(C)c3)ncc21. The summed E-state index contributed by atoms with van der Waals surface area (Å²) in [7, 11) is 2.03. The number of nitrogens with one attached hydrogen (secondary N) is 1. The smallest absolute Gasteiger partial charge is 0.132 e. The van der Waals surface area contributed by atoms with E-state index in [-0.39, 0.29) is 0 Å². The van der Waals surface area contributed by atoms with Gasteiger partial charge in [0, 0.05) is 29.9 Å². The number of benzene rings is 1. The van der Waals surface area contributed by atoms with Crippen LogP contribution in [-0.2, 0) is 12.8 Å². The Morgan fingerprint density at radius 2 is 2.19 bits per heavy atom. The lowest BCUT2D eigenvalue weighted by atomic mass is 10.0. The minimum absolute atomic E-state index is 0.413. The molecule has 1 unspecified atom stereocenters. The predicted molar refractivity (Wildman–Crippen MR) is 85.4 cm³/mol. The van der Waals surface area contributed by atoms with Crippen LogP contribution in [0, 0.1) is 6.92 Å². The van der Waals surface area contributed by atoms with Gasteiger partial charge in [-0.25, -0.2) is 9.97 Å². The van der Waals surface area contributed by atoms with Crippen molar-refractivity contribution in [1.82, 2.24) is 15.3 Å². The van der Waals surface area contributed by atoms with Crippen molar-refractivity contribution in [2.45, 2.75) is 45.1 Å².